The molecule has 84 valence electrons. The van der Waals surface area contributed by atoms with E-state index in [-0.39, 0.29) is 6.10 Å². The maximum Gasteiger partial charge on any atom is 0.260 e. The molecule has 2 heterocycles. The van der Waals surface area contributed by atoms with Gasteiger partial charge in [0.25, 0.3) is 5.88 Å². The Morgan fingerprint density at radius 2 is 2.19 bits per heavy atom. The van der Waals surface area contributed by atoms with Crippen molar-refractivity contribution < 1.29 is 4.74 Å². The van der Waals surface area contributed by atoms with E-state index in [2.05, 4.69) is 9.97 Å². The van der Waals surface area contributed by atoms with Crippen LogP contribution in [0.4, 0.5) is 5.82 Å². The molecule has 0 aromatic carbocycles. The van der Waals surface area contributed by atoms with Crippen LogP contribution >= 0.6 is 0 Å². The molecule has 0 spiro atoms. The summed E-state index contributed by atoms with van der Waals surface area (Å²) in [6.45, 7) is 0. The molecule has 3 rings (SSSR count). The van der Waals surface area contributed by atoms with Gasteiger partial charge in [-0.25, -0.2) is 4.98 Å². The van der Waals surface area contributed by atoms with Crippen LogP contribution in [-0.2, 0) is 0 Å². The van der Waals surface area contributed by atoms with Crippen molar-refractivity contribution in [3.8, 4) is 5.88 Å². The van der Waals surface area contributed by atoms with Crippen molar-refractivity contribution in [3.63, 3.8) is 0 Å². The number of fused-ring (bicyclic) bond motifs is 1. The number of rotatable bonds is 2. The molecule has 0 saturated heterocycles. The van der Waals surface area contributed by atoms with E-state index in [1.54, 1.807) is 12.4 Å². The summed E-state index contributed by atoms with van der Waals surface area (Å²) in [5.74, 6) is 1.01. The zero-order chi connectivity index (χ0) is 11.0. The molecule has 5 heteroatoms. The minimum Gasteiger partial charge on any atom is -0.472 e. The number of hydrogen-bond donors (Lipinski definition) is 1. The van der Waals surface area contributed by atoms with E-state index in [9.17, 15) is 0 Å². The smallest absolute Gasteiger partial charge is 0.260 e. The van der Waals surface area contributed by atoms with Crippen LogP contribution in [0.15, 0.2) is 18.6 Å². The molecule has 0 aliphatic heterocycles. The van der Waals surface area contributed by atoms with Crippen molar-refractivity contribution in [1.29, 1.82) is 0 Å². The Kier molecular flexibility index (Phi) is 2.16. The minimum atomic E-state index is 0.273. The second-order valence-corrected chi connectivity index (χ2v) is 4.15. The van der Waals surface area contributed by atoms with Crippen LogP contribution in [0, 0.1) is 0 Å². The average molecular weight is 218 g/mol. The van der Waals surface area contributed by atoms with E-state index in [4.69, 9.17) is 10.5 Å². The zero-order valence-corrected chi connectivity index (χ0v) is 8.97. The summed E-state index contributed by atoms with van der Waals surface area (Å²) in [4.78, 5) is 8.43. The summed E-state index contributed by atoms with van der Waals surface area (Å²) in [5, 5.41) is 0. The molecular weight excluding hydrogens is 204 g/mol. The highest BCUT2D eigenvalue weighted by molar-refractivity contribution is 5.52. The van der Waals surface area contributed by atoms with Crippen molar-refractivity contribution >= 4 is 11.5 Å². The van der Waals surface area contributed by atoms with Gasteiger partial charge in [0.2, 0.25) is 5.65 Å². The van der Waals surface area contributed by atoms with Crippen molar-refractivity contribution in [2.45, 2.75) is 31.8 Å². The first kappa shape index (κ1) is 9.45. The molecule has 2 N–H and O–H groups in total. The lowest BCUT2D eigenvalue weighted by molar-refractivity contribution is 0.203. The minimum absolute atomic E-state index is 0.273. The molecule has 0 amide bonds. The SMILES string of the molecule is Nc1cn2ccnc2c(OC2CCCC2)n1. The highest BCUT2D eigenvalue weighted by Crippen LogP contribution is 2.25. The lowest BCUT2D eigenvalue weighted by atomic mass is 10.3. The van der Waals surface area contributed by atoms with Gasteiger partial charge in [-0.05, 0) is 25.7 Å². The van der Waals surface area contributed by atoms with E-state index in [0.29, 0.717) is 11.7 Å². The lowest BCUT2D eigenvalue weighted by Crippen LogP contribution is -2.13. The number of aromatic nitrogens is 3. The number of nitrogens with two attached hydrogens (primary N) is 1. The van der Waals surface area contributed by atoms with Crippen LogP contribution in [0.1, 0.15) is 25.7 Å². The third kappa shape index (κ3) is 1.58. The van der Waals surface area contributed by atoms with Gasteiger partial charge in [-0.2, -0.15) is 4.98 Å². The maximum absolute atomic E-state index is 5.85. The predicted octanol–water partition coefficient (Wildman–Crippen LogP) is 1.63. The number of imidazole rings is 1. The molecule has 0 unspecified atom stereocenters. The van der Waals surface area contributed by atoms with Crippen molar-refractivity contribution in [2.24, 2.45) is 0 Å². The monoisotopic (exact) mass is 218 g/mol. The fraction of sp³-hybridized carbons (Fsp3) is 0.455. The van der Waals surface area contributed by atoms with Gasteiger partial charge in [-0.1, -0.05) is 0 Å². The lowest BCUT2D eigenvalue weighted by Gasteiger charge is -2.12. The highest BCUT2D eigenvalue weighted by Gasteiger charge is 2.19. The fourth-order valence-electron chi connectivity index (χ4n) is 2.16. The quantitative estimate of drug-likeness (QED) is 0.832. The first-order valence-corrected chi connectivity index (χ1v) is 5.59. The molecule has 1 aliphatic carbocycles. The molecule has 0 radical (unpaired) electrons. The highest BCUT2D eigenvalue weighted by atomic mass is 16.5. The largest absolute Gasteiger partial charge is 0.472 e. The maximum atomic E-state index is 5.85. The van der Waals surface area contributed by atoms with E-state index in [1.165, 1.54) is 12.8 Å². The van der Waals surface area contributed by atoms with Gasteiger partial charge in [0.1, 0.15) is 11.9 Å². The molecule has 1 fully saturated rings. The first-order valence-electron chi connectivity index (χ1n) is 5.59. The number of ether oxygens (including phenoxy) is 1. The zero-order valence-electron chi connectivity index (χ0n) is 8.97. The second-order valence-electron chi connectivity index (χ2n) is 4.15. The van der Waals surface area contributed by atoms with Gasteiger partial charge < -0.3 is 10.5 Å². The third-order valence-electron chi connectivity index (χ3n) is 2.94. The van der Waals surface area contributed by atoms with Crippen LogP contribution in [0.2, 0.25) is 0 Å². The average Bonchev–Trinajstić information content (AvgIpc) is 2.87. The number of anilines is 1. The molecule has 0 bridgehead atoms. The van der Waals surface area contributed by atoms with E-state index < -0.39 is 0 Å². The fourth-order valence-corrected chi connectivity index (χ4v) is 2.16. The Balaban J connectivity index is 1.97. The Morgan fingerprint density at radius 3 is 3.00 bits per heavy atom. The van der Waals surface area contributed by atoms with Crippen LogP contribution in [0.3, 0.4) is 0 Å². The van der Waals surface area contributed by atoms with E-state index in [0.717, 1.165) is 18.5 Å². The van der Waals surface area contributed by atoms with Gasteiger partial charge in [-0.15, -0.1) is 0 Å². The van der Waals surface area contributed by atoms with Crippen LogP contribution in [0.25, 0.3) is 5.65 Å². The van der Waals surface area contributed by atoms with Gasteiger partial charge in [-0.3, -0.25) is 4.40 Å². The van der Waals surface area contributed by atoms with Crippen molar-refractivity contribution in [3.05, 3.63) is 18.6 Å². The van der Waals surface area contributed by atoms with Gasteiger partial charge in [0.15, 0.2) is 0 Å². The number of nitrogen functional groups attached to an aromatic ring is 1. The topological polar surface area (TPSA) is 65.4 Å². The summed E-state index contributed by atoms with van der Waals surface area (Å²) < 4.78 is 7.69. The molecule has 2 aromatic heterocycles. The van der Waals surface area contributed by atoms with Gasteiger partial charge in [0, 0.05) is 12.4 Å². The standard InChI is InChI=1S/C11H14N4O/c12-9-7-15-6-5-13-10(15)11(14-9)16-8-3-1-2-4-8/h5-8H,1-4,12H2. The molecule has 0 atom stereocenters. The number of hydrogen-bond acceptors (Lipinski definition) is 4. The predicted molar refractivity (Wildman–Crippen MR) is 60.3 cm³/mol. The molecule has 1 aliphatic rings. The third-order valence-corrected chi connectivity index (χ3v) is 2.94. The summed E-state index contributed by atoms with van der Waals surface area (Å²) >= 11 is 0. The van der Waals surface area contributed by atoms with Gasteiger partial charge >= 0.3 is 0 Å². The summed E-state index contributed by atoms with van der Waals surface area (Å²) in [6.07, 6.45) is 10.2. The number of nitrogens with zero attached hydrogens (tertiary/aromatic N) is 3. The Labute approximate surface area is 93.3 Å². The molecule has 1 saturated carbocycles. The van der Waals surface area contributed by atoms with Crippen molar-refractivity contribution in [1.82, 2.24) is 14.4 Å². The summed E-state index contributed by atoms with van der Waals surface area (Å²) in [6, 6.07) is 0. The normalized spacial score (nSPS) is 17.0. The van der Waals surface area contributed by atoms with E-state index >= 15 is 0 Å². The molecular formula is C11H14N4O. The van der Waals surface area contributed by atoms with Crippen LogP contribution < -0.4 is 10.5 Å². The summed E-state index contributed by atoms with van der Waals surface area (Å²) in [7, 11) is 0. The molecule has 2 aromatic rings. The first-order chi connectivity index (χ1) is 7.83. The van der Waals surface area contributed by atoms with Crippen LogP contribution in [0.5, 0.6) is 5.88 Å². The van der Waals surface area contributed by atoms with Crippen LogP contribution in [-0.4, -0.2) is 20.5 Å². The molecule has 5 nitrogen and oxygen atoms in total. The molecule has 16 heavy (non-hydrogen) atoms. The Morgan fingerprint density at radius 1 is 1.38 bits per heavy atom. The Bertz CT molecular complexity index is 502. The van der Waals surface area contributed by atoms with E-state index in [1.807, 2.05) is 10.6 Å². The summed E-state index contributed by atoms with van der Waals surface area (Å²) in [5.41, 5.74) is 6.46. The Hall–Kier alpha value is -1.78. The second kappa shape index (κ2) is 3.66. The van der Waals surface area contributed by atoms with Crippen molar-refractivity contribution in [2.75, 3.05) is 5.73 Å². The van der Waals surface area contributed by atoms with Gasteiger partial charge in [0.05, 0.1) is 6.20 Å².